The molecule has 0 bridgehead atoms. The topological polar surface area (TPSA) is 106 Å². The van der Waals surface area contributed by atoms with Crippen molar-refractivity contribution < 1.29 is 16.8 Å². The first-order valence-corrected chi connectivity index (χ1v) is 8.10. The van der Waals surface area contributed by atoms with Crippen LogP contribution in [0.2, 0.25) is 0 Å². The minimum atomic E-state index is -3.63. The van der Waals surface area contributed by atoms with Gasteiger partial charge < -0.3 is 0 Å². The number of alkyl halides is 1. The second kappa shape index (κ2) is 6.00. The highest BCUT2D eigenvalue weighted by atomic mass is 35.5. The van der Waals surface area contributed by atoms with E-state index in [0.29, 0.717) is 0 Å². The maximum absolute atomic E-state index is 11.3. The molecule has 0 amide bonds. The average Bonchev–Trinajstić information content (AvgIpc) is 2.00. The van der Waals surface area contributed by atoms with Crippen LogP contribution in [0, 0.1) is 5.92 Å². The van der Waals surface area contributed by atoms with Gasteiger partial charge in [-0.15, -0.1) is 11.6 Å². The molecule has 0 saturated carbocycles. The number of hydrogen-bond acceptors (Lipinski definition) is 4. The van der Waals surface area contributed by atoms with Gasteiger partial charge in [0, 0.05) is 12.4 Å². The Kier molecular flexibility index (Phi) is 6.04. The lowest BCUT2D eigenvalue weighted by molar-refractivity contribution is 0.570. The highest BCUT2D eigenvalue weighted by Crippen LogP contribution is 2.01. The lowest BCUT2D eigenvalue weighted by atomic mass is 10.3. The molecule has 1 unspecified atom stereocenters. The highest BCUT2D eigenvalue weighted by molar-refractivity contribution is 7.90. The van der Waals surface area contributed by atoms with Crippen molar-refractivity contribution in [3.8, 4) is 0 Å². The van der Waals surface area contributed by atoms with E-state index in [1.165, 1.54) is 0 Å². The third-order valence-electron chi connectivity index (χ3n) is 1.48. The van der Waals surface area contributed by atoms with Gasteiger partial charge in [0.2, 0.25) is 20.0 Å². The summed E-state index contributed by atoms with van der Waals surface area (Å²) in [4.78, 5) is 0. The van der Waals surface area contributed by atoms with E-state index in [1.54, 1.807) is 6.92 Å². The van der Waals surface area contributed by atoms with Crippen molar-refractivity contribution >= 4 is 31.6 Å². The summed E-state index contributed by atoms with van der Waals surface area (Å²) in [5.74, 6) is -0.489. The smallest absolute Gasteiger partial charge is 0.211 e. The van der Waals surface area contributed by atoms with Gasteiger partial charge in [-0.3, -0.25) is 0 Å². The third-order valence-corrected chi connectivity index (χ3v) is 4.43. The normalized spacial score (nSPS) is 15.1. The summed E-state index contributed by atoms with van der Waals surface area (Å²) < 4.78 is 45.7. The zero-order valence-electron chi connectivity index (χ0n) is 8.31. The van der Waals surface area contributed by atoms with Crippen molar-refractivity contribution in [2.45, 2.75) is 6.92 Å². The molecule has 0 aliphatic carbocycles. The van der Waals surface area contributed by atoms with Crippen LogP contribution in [0.5, 0.6) is 0 Å². The first kappa shape index (κ1) is 15.1. The summed E-state index contributed by atoms with van der Waals surface area (Å²) in [5, 5.41) is 4.71. The Bertz CT molecular complexity index is 378. The minimum absolute atomic E-state index is 0.124. The van der Waals surface area contributed by atoms with E-state index in [4.69, 9.17) is 16.7 Å². The molecule has 0 aromatic heterocycles. The quantitative estimate of drug-likeness (QED) is 0.587. The van der Waals surface area contributed by atoms with Crippen LogP contribution >= 0.6 is 11.6 Å². The summed E-state index contributed by atoms with van der Waals surface area (Å²) in [6, 6.07) is 0. The largest absolute Gasteiger partial charge is 0.229 e. The molecule has 92 valence electrons. The Morgan fingerprint density at radius 2 is 1.87 bits per heavy atom. The summed E-state index contributed by atoms with van der Waals surface area (Å²) in [7, 11) is -7.10. The van der Waals surface area contributed by atoms with Gasteiger partial charge in [0.15, 0.2) is 0 Å². The van der Waals surface area contributed by atoms with Crippen LogP contribution < -0.4 is 9.86 Å². The Morgan fingerprint density at radius 3 is 2.27 bits per heavy atom. The zero-order chi connectivity index (χ0) is 12.1. The molecule has 0 aliphatic rings. The number of sulfonamides is 2. The van der Waals surface area contributed by atoms with Crippen molar-refractivity contribution in [2.24, 2.45) is 11.1 Å². The second-order valence-corrected chi connectivity index (χ2v) is 7.20. The Hall–Kier alpha value is 0.110. The van der Waals surface area contributed by atoms with Crippen LogP contribution in [0.1, 0.15) is 6.92 Å². The van der Waals surface area contributed by atoms with E-state index < -0.39 is 25.8 Å². The number of rotatable bonds is 7. The van der Waals surface area contributed by atoms with Crippen LogP contribution in [0.3, 0.4) is 0 Å². The summed E-state index contributed by atoms with van der Waals surface area (Å²) >= 11 is 5.46. The van der Waals surface area contributed by atoms with Crippen molar-refractivity contribution in [1.29, 1.82) is 0 Å². The average molecular weight is 279 g/mol. The van der Waals surface area contributed by atoms with Crippen LogP contribution in [0.15, 0.2) is 0 Å². The lowest BCUT2D eigenvalue weighted by Gasteiger charge is -2.09. The summed E-state index contributed by atoms with van der Waals surface area (Å²) in [5.41, 5.74) is 0. The number of primary sulfonamides is 1. The zero-order valence-corrected chi connectivity index (χ0v) is 10.7. The van der Waals surface area contributed by atoms with E-state index in [1.807, 2.05) is 0 Å². The predicted octanol–water partition coefficient (Wildman–Crippen LogP) is -0.931. The molecule has 0 aromatic carbocycles. The molecule has 0 rings (SSSR count). The molecule has 0 spiro atoms. The maximum atomic E-state index is 11.3. The van der Waals surface area contributed by atoms with Gasteiger partial charge >= 0.3 is 0 Å². The number of nitrogens with one attached hydrogen (secondary N) is 1. The first-order chi connectivity index (χ1) is 6.66. The van der Waals surface area contributed by atoms with Gasteiger partial charge in [0.25, 0.3) is 0 Å². The molecule has 0 radical (unpaired) electrons. The van der Waals surface area contributed by atoms with Crippen molar-refractivity contribution in [1.82, 2.24) is 4.72 Å². The van der Waals surface area contributed by atoms with Gasteiger partial charge in [0.05, 0.1) is 11.5 Å². The summed E-state index contributed by atoms with van der Waals surface area (Å²) in [6.45, 7) is 1.47. The molecular weight excluding hydrogens is 264 g/mol. The van der Waals surface area contributed by atoms with Crippen LogP contribution in [-0.4, -0.2) is 40.8 Å². The molecule has 3 N–H and O–H groups in total. The van der Waals surface area contributed by atoms with Crippen molar-refractivity contribution in [3.05, 3.63) is 0 Å². The lowest BCUT2D eigenvalue weighted by Crippen LogP contribution is -2.34. The standard InChI is InChI=1S/C6H15ClN2O4S2/c1-6(4-7)5-15(12,13)9-2-3-14(8,10)11/h6,9H,2-5H2,1H3,(H2,8,10,11). The predicted molar refractivity (Wildman–Crippen MR) is 59.6 cm³/mol. The number of halogens is 1. The van der Waals surface area contributed by atoms with Crippen LogP contribution in [-0.2, 0) is 20.0 Å². The monoisotopic (exact) mass is 278 g/mol. The molecule has 15 heavy (non-hydrogen) atoms. The Labute approximate surface area is 95.3 Å². The van der Waals surface area contributed by atoms with Crippen LogP contribution in [0.4, 0.5) is 0 Å². The molecule has 0 saturated heterocycles. The van der Waals surface area contributed by atoms with Crippen molar-refractivity contribution in [3.63, 3.8) is 0 Å². The van der Waals surface area contributed by atoms with E-state index in [9.17, 15) is 16.8 Å². The Balaban J connectivity index is 4.07. The van der Waals surface area contributed by atoms with Crippen LogP contribution in [0.25, 0.3) is 0 Å². The fourth-order valence-corrected chi connectivity index (χ4v) is 2.97. The van der Waals surface area contributed by atoms with Gasteiger partial charge in [-0.1, -0.05) is 6.92 Å². The molecule has 0 aromatic rings. The maximum Gasteiger partial charge on any atom is 0.211 e. The van der Waals surface area contributed by atoms with E-state index >= 15 is 0 Å². The van der Waals surface area contributed by atoms with Crippen molar-refractivity contribution in [2.75, 3.05) is 23.9 Å². The van der Waals surface area contributed by atoms with Gasteiger partial charge in [-0.05, 0) is 5.92 Å². The van der Waals surface area contributed by atoms with Gasteiger partial charge in [0.1, 0.15) is 0 Å². The molecule has 6 nitrogen and oxygen atoms in total. The summed E-state index contributed by atoms with van der Waals surface area (Å²) in [6.07, 6.45) is 0. The second-order valence-electron chi connectivity index (χ2n) is 3.30. The minimum Gasteiger partial charge on any atom is -0.229 e. The third kappa shape index (κ3) is 9.06. The van der Waals surface area contributed by atoms with E-state index in [0.717, 1.165) is 0 Å². The molecule has 9 heteroatoms. The van der Waals surface area contributed by atoms with E-state index in [-0.39, 0.29) is 24.1 Å². The molecule has 0 fully saturated rings. The fraction of sp³-hybridized carbons (Fsp3) is 1.00. The molecule has 0 aliphatic heterocycles. The van der Waals surface area contributed by atoms with Gasteiger partial charge in [-0.2, -0.15) is 0 Å². The van der Waals surface area contributed by atoms with E-state index in [2.05, 4.69) is 4.72 Å². The number of hydrogen-bond donors (Lipinski definition) is 2. The highest BCUT2D eigenvalue weighted by Gasteiger charge is 2.15. The van der Waals surface area contributed by atoms with Gasteiger partial charge in [-0.25, -0.2) is 26.7 Å². The number of nitrogens with two attached hydrogens (primary N) is 1. The molecular formula is C6H15ClN2O4S2. The first-order valence-electron chi connectivity index (χ1n) is 4.20. The SMILES string of the molecule is CC(CCl)CS(=O)(=O)NCCS(N)(=O)=O. The Morgan fingerprint density at radius 1 is 1.33 bits per heavy atom. The molecule has 0 heterocycles. The molecule has 1 atom stereocenters. The fourth-order valence-electron chi connectivity index (χ4n) is 0.817.